The molecule has 0 radical (unpaired) electrons. The monoisotopic (exact) mass is 356 g/mol. The van der Waals surface area contributed by atoms with Gasteiger partial charge in [0.1, 0.15) is 5.82 Å². The van der Waals surface area contributed by atoms with Crippen molar-refractivity contribution in [2.75, 3.05) is 36.5 Å². The number of para-hydroxylation sites is 2. The number of amides is 1. The van der Waals surface area contributed by atoms with Gasteiger partial charge < -0.3 is 15.0 Å². The second-order valence-electron chi connectivity index (χ2n) is 6.88. The summed E-state index contributed by atoms with van der Waals surface area (Å²) in [7, 11) is 0. The summed E-state index contributed by atoms with van der Waals surface area (Å²) < 4.78 is 18.7. The van der Waals surface area contributed by atoms with Gasteiger partial charge in [0, 0.05) is 13.1 Å². The van der Waals surface area contributed by atoms with E-state index in [1.165, 1.54) is 12.1 Å². The molecule has 1 atom stereocenters. The van der Waals surface area contributed by atoms with Gasteiger partial charge in [0.2, 0.25) is 5.91 Å². The first-order valence-corrected chi connectivity index (χ1v) is 9.04. The fourth-order valence-corrected chi connectivity index (χ4v) is 3.38. The molecule has 0 aliphatic carbocycles. The minimum atomic E-state index is -0.339. The third-order valence-corrected chi connectivity index (χ3v) is 4.69. The first kappa shape index (κ1) is 18.4. The molecule has 1 amide bonds. The molecule has 1 N–H and O–H groups in total. The van der Waals surface area contributed by atoms with Crippen LogP contribution >= 0.6 is 0 Å². The van der Waals surface area contributed by atoms with E-state index in [9.17, 15) is 9.18 Å². The maximum absolute atomic E-state index is 13.2. The van der Waals surface area contributed by atoms with Gasteiger partial charge in [0.05, 0.1) is 30.5 Å². The molecule has 1 unspecified atom stereocenters. The fraction of sp³-hybridized carbons (Fsp3) is 0.381. The average molecular weight is 356 g/mol. The number of anilines is 2. The van der Waals surface area contributed by atoms with Gasteiger partial charge >= 0.3 is 0 Å². The Kier molecular flexibility index (Phi) is 5.89. The Morgan fingerprint density at radius 1 is 1.08 bits per heavy atom. The highest BCUT2D eigenvalue weighted by Crippen LogP contribution is 2.30. The number of nitrogens with zero attached hydrogens (tertiary/aromatic N) is 1. The summed E-state index contributed by atoms with van der Waals surface area (Å²) in [5.74, 6) is -0.619. The van der Waals surface area contributed by atoms with Crippen LogP contribution in [0.2, 0.25) is 0 Å². The lowest BCUT2D eigenvalue weighted by atomic mass is 9.87. The highest BCUT2D eigenvalue weighted by atomic mass is 19.1. The number of ether oxygens (including phenoxy) is 1. The topological polar surface area (TPSA) is 41.6 Å². The predicted octanol–water partition coefficient (Wildman–Crippen LogP) is 4.04. The highest BCUT2D eigenvalue weighted by molar-refractivity contribution is 5.98. The average Bonchev–Trinajstić information content (AvgIpc) is 2.64. The summed E-state index contributed by atoms with van der Waals surface area (Å²) in [6.45, 7) is 6.98. The van der Waals surface area contributed by atoms with Crippen LogP contribution in [0, 0.1) is 11.7 Å². The highest BCUT2D eigenvalue weighted by Gasteiger charge is 2.25. The van der Waals surface area contributed by atoms with Crippen LogP contribution in [0.25, 0.3) is 0 Å². The van der Waals surface area contributed by atoms with Gasteiger partial charge in [-0.25, -0.2) is 4.39 Å². The van der Waals surface area contributed by atoms with E-state index in [0.717, 1.165) is 30.0 Å². The van der Waals surface area contributed by atoms with Gasteiger partial charge in [-0.1, -0.05) is 38.1 Å². The zero-order valence-electron chi connectivity index (χ0n) is 15.2. The maximum Gasteiger partial charge on any atom is 0.232 e. The SMILES string of the molecule is CC(C)C(C(=O)Nc1ccccc1N1CCOCC1)c1ccc(F)cc1. The van der Waals surface area contributed by atoms with Gasteiger partial charge in [-0.15, -0.1) is 0 Å². The van der Waals surface area contributed by atoms with E-state index in [1.54, 1.807) is 12.1 Å². The van der Waals surface area contributed by atoms with E-state index < -0.39 is 0 Å². The number of hydrogen-bond acceptors (Lipinski definition) is 3. The summed E-state index contributed by atoms with van der Waals surface area (Å²) >= 11 is 0. The number of nitrogens with one attached hydrogen (secondary N) is 1. The molecule has 0 spiro atoms. The number of halogens is 1. The number of carbonyl (C=O) groups is 1. The summed E-state index contributed by atoms with van der Waals surface area (Å²) in [4.78, 5) is 15.3. The largest absolute Gasteiger partial charge is 0.378 e. The van der Waals surface area contributed by atoms with Crippen molar-refractivity contribution in [1.29, 1.82) is 0 Å². The molecule has 1 fully saturated rings. The molecule has 0 aromatic heterocycles. The predicted molar refractivity (Wildman–Crippen MR) is 102 cm³/mol. The van der Waals surface area contributed by atoms with Crippen molar-refractivity contribution in [3.63, 3.8) is 0 Å². The van der Waals surface area contributed by atoms with Gasteiger partial charge in [-0.3, -0.25) is 4.79 Å². The van der Waals surface area contributed by atoms with Crippen molar-refractivity contribution in [2.24, 2.45) is 5.92 Å². The van der Waals surface area contributed by atoms with Crippen molar-refractivity contribution in [1.82, 2.24) is 0 Å². The molecule has 0 saturated carbocycles. The molecular formula is C21H25FN2O2. The molecule has 26 heavy (non-hydrogen) atoms. The molecule has 1 heterocycles. The second-order valence-corrected chi connectivity index (χ2v) is 6.88. The standard InChI is InChI=1S/C21H25FN2O2/c1-15(2)20(16-7-9-17(22)10-8-16)21(25)23-18-5-3-4-6-19(18)24-11-13-26-14-12-24/h3-10,15,20H,11-14H2,1-2H3,(H,23,25). The third kappa shape index (κ3) is 4.22. The van der Waals surface area contributed by atoms with Crippen LogP contribution in [0.3, 0.4) is 0 Å². The Balaban J connectivity index is 1.82. The number of rotatable bonds is 5. The lowest BCUT2D eigenvalue weighted by molar-refractivity contribution is -0.118. The fourth-order valence-electron chi connectivity index (χ4n) is 3.38. The van der Waals surface area contributed by atoms with Crippen molar-refractivity contribution in [3.05, 3.63) is 59.9 Å². The molecule has 1 aliphatic heterocycles. The summed E-state index contributed by atoms with van der Waals surface area (Å²) in [6.07, 6.45) is 0. The molecule has 2 aromatic carbocycles. The van der Waals surface area contributed by atoms with E-state index in [4.69, 9.17) is 4.74 Å². The molecule has 4 nitrogen and oxygen atoms in total. The van der Waals surface area contributed by atoms with Crippen molar-refractivity contribution >= 4 is 17.3 Å². The molecule has 1 aliphatic rings. The minimum Gasteiger partial charge on any atom is -0.378 e. The van der Waals surface area contributed by atoms with E-state index in [0.29, 0.717) is 13.2 Å². The van der Waals surface area contributed by atoms with Crippen LogP contribution in [-0.4, -0.2) is 32.2 Å². The lowest BCUT2D eigenvalue weighted by Crippen LogP contribution is -2.37. The molecule has 1 saturated heterocycles. The number of benzene rings is 2. The Morgan fingerprint density at radius 2 is 1.73 bits per heavy atom. The zero-order chi connectivity index (χ0) is 18.5. The Bertz CT molecular complexity index is 740. The van der Waals surface area contributed by atoms with Crippen molar-refractivity contribution in [3.8, 4) is 0 Å². The summed E-state index contributed by atoms with van der Waals surface area (Å²) in [6, 6.07) is 14.0. The van der Waals surface area contributed by atoms with E-state index >= 15 is 0 Å². The van der Waals surface area contributed by atoms with Crippen LogP contribution in [0.4, 0.5) is 15.8 Å². The minimum absolute atomic E-state index is 0.0766. The first-order chi connectivity index (χ1) is 12.6. The Morgan fingerprint density at radius 3 is 2.38 bits per heavy atom. The lowest BCUT2D eigenvalue weighted by Gasteiger charge is -2.31. The Labute approximate surface area is 154 Å². The number of carbonyl (C=O) groups excluding carboxylic acids is 1. The van der Waals surface area contributed by atoms with Crippen LogP contribution in [0.15, 0.2) is 48.5 Å². The van der Waals surface area contributed by atoms with Gasteiger partial charge in [0.15, 0.2) is 0 Å². The van der Waals surface area contributed by atoms with E-state index in [1.807, 2.05) is 38.1 Å². The normalized spacial score (nSPS) is 15.8. The van der Waals surface area contributed by atoms with Crippen molar-refractivity contribution < 1.29 is 13.9 Å². The summed E-state index contributed by atoms with van der Waals surface area (Å²) in [5.41, 5.74) is 2.63. The van der Waals surface area contributed by atoms with Gasteiger partial charge in [-0.2, -0.15) is 0 Å². The smallest absolute Gasteiger partial charge is 0.232 e. The molecule has 2 aromatic rings. The molecule has 138 valence electrons. The first-order valence-electron chi connectivity index (χ1n) is 9.04. The second kappa shape index (κ2) is 8.32. The van der Waals surface area contributed by atoms with Crippen LogP contribution < -0.4 is 10.2 Å². The quantitative estimate of drug-likeness (QED) is 0.879. The third-order valence-electron chi connectivity index (χ3n) is 4.69. The number of morpholine rings is 1. The number of hydrogen-bond donors (Lipinski definition) is 1. The Hall–Kier alpha value is -2.40. The van der Waals surface area contributed by atoms with Crippen LogP contribution in [0.5, 0.6) is 0 Å². The van der Waals surface area contributed by atoms with Gasteiger partial charge in [-0.05, 0) is 35.7 Å². The van der Waals surface area contributed by atoms with Crippen LogP contribution in [0.1, 0.15) is 25.3 Å². The van der Waals surface area contributed by atoms with E-state index in [-0.39, 0.29) is 23.6 Å². The molecule has 3 rings (SSSR count). The van der Waals surface area contributed by atoms with E-state index in [2.05, 4.69) is 10.2 Å². The van der Waals surface area contributed by atoms with Crippen LogP contribution in [-0.2, 0) is 9.53 Å². The zero-order valence-corrected chi connectivity index (χ0v) is 15.2. The molecule has 0 bridgehead atoms. The summed E-state index contributed by atoms with van der Waals surface area (Å²) in [5, 5.41) is 3.09. The van der Waals surface area contributed by atoms with Crippen molar-refractivity contribution in [2.45, 2.75) is 19.8 Å². The maximum atomic E-state index is 13.2. The molecular weight excluding hydrogens is 331 g/mol. The van der Waals surface area contributed by atoms with Gasteiger partial charge in [0.25, 0.3) is 0 Å². The molecule has 5 heteroatoms.